The lowest BCUT2D eigenvalue weighted by atomic mass is 10.2. The summed E-state index contributed by atoms with van der Waals surface area (Å²) in [4.78, 5) is 15.3. The molecule has 2 rings (SSSR count). The molecule has 15 heavy (non-hydrogen) atoms. The zero-order valence-corrected chi connectivity index (χ0v) is 9.13. The molecule has 4 nitrogen and oxygen atoms in total. The van der Waals surface area contributed by atoms with Crippen molar-refractivity contribution in [2.45, 2.75) is 32.9 Å². The monoisotopic (exact) mass is 206 g/mol. The summed E-state index contributed by atoms with van der Waals surface area (Å²) in [6.45, 7) is 6.47. The fourth-order valence-corrected chi connectivity index (χ4v) is 1.50. The Morgan fingerprint density at radius 2 is 2.20 bits per heavy atom. The molecule has 0 saturated carbocycles. The molecule has 0 aliphatic carbocycles. The van der Waals surface area contributed by atoms with Crippen LogP contribution in [0.3, 0.4) is 0 Å². The summed E-state index contributed by atoms with van der Waals surface area (Å²) in [5.74, 6) is 0.602. The number of amides is 1. The van der Waals surface area contributed by atoms with Crippen LogP contribution in [0.25, 0.3) is 0 Å². The van der Waals surface area contributed by atoms with E-state index >= 15 is 0 Å². The van der Waals surface area contributed by atoms with Crippen LogP contribution in [0.15, 0.2) is 12.3 Å². The molecule has 80 valence electrons. The fourth-order valence-electron chi connectivity index (χ4n) is 1.50. The number of aromatic nitrogens is 1. The molecule has 0 bridgehead atoms. The molecular formula is C11H14N2O2. The minimum absolute atomic E-state index is 0.104. The Kier molecular flexibility index (Phi) is 2.14. The first-order chi connectivity index (χ1) is 6.96. The molecule has 2 heterocycles. The average molecular weight is 206 g/mol. The Morgan fingerprint density at radius 1 is 1.47 bits per heavy atom. The molecule has 0 fully saturated rings. The molecule has 1 amide bonds. The summed E-state index contributed by atoms with van der Waals surface area (Å²) in [5, 5.41) is 2.72. The maximum atomic E-state index is 11.2. The summed E-state index contributed by atoms with van der Waals surface area (Å²) in [6.07, 6.45) is 1.59. The highest BCUT2D eigenvalue weighted by atomic mass is 16.5. The van der Waals surface area contributed by atoms with Gasteiger partial charge in [0.25, 0.3) is 5.91 Å². The quantitative estimate of drug-likeness (QED) is 0.757. The minimum atomic E-state index is -0.244. The van der Waals surface area contributed by atoms with E-state index in [0.717, 1.165) is 5.56 Å². The van der Waals surface area contributed by atoms with Gasteiger partial charge in [-0.1, -0.05) is 0 Å². The lowest BCUT2D eigenvalue weighted by Gasteiger charge is -2.21. The number of fused-ring (bicyclic) bond motifs is 1. The minimum Gasteiger partial charge on any atom is -0.487 e. The summed E-state index contributed by atoms with van der Waals surface area (Å²) in [6, 6.07) is 1.87. The molecule has 1 aliphatic rings. The van der Waals surface area contributed by atoms with E-state index < -0.39 is 0 Å². The van der Waals surface area contributed by atoms with Gasteiger partial charge in [0.05, 0.1) is 6.20 Å². The van der Waals surface area contributed by atoms with Gasteiger partial charge in [-0.3, -0.25) is 4.79 Å². The predicted molar refractivity (Wildman–Crippen MR) is 55.8 cm³/mol. The van der Waals surface area contributed by atoms with Gasteiger partial charge in [0.1, 0.15) is 17.0 Å². The number of nitrogens with one attached hydrogen (secondary N) is 1. The highest BCUT2D eigenvalue weighted by molar-refractivity contribution is 5.96. The normalized spacial score (nSPS) is 14.7. The molecule has 0 saturated heterocycles. The third kappa shape index (κ3) is 2.09. The van der Waals surface area contributed by atoms with Crippen molar-refractivity contribution in [1.82, 2.24) is 10.3 Å². The zero-order valence-electron chi connectivity index (χ0n) is 9.13. The van der Waals surface area contributed by atoms with Crippen molar-refractivity contribution in [3.63, 3.8) is 0 Å². The third-order valence-corrected chi connectivity index (χ3v) is 2.02. The first-order valence-electron chi connectivity index (χ1n) is 4.92. The summed E-state index contributed by atoms with van der Waals surface area (Å²) >= 11 is 0. The number of nitrogens with zero attached hydrogens (tertiary/aromatic N) is 1. The highest BCUT2D eigenvalue weighted by Crippen LogP contribution is 2.22. The summed E-state index contributed by atoms with van der Waals surface area (Å²) < 4.78 is 5.66. The van der Waals surface area contributed by atoms with E-state index in [2.05, 4.69) is 10.3 Å². The average Bonchev–Trinajstić information content (AvgIpc) is 2.45. The summed E-state index contributed by atoms with van der Waals surface area (Å²) in [7, 11) is 0. The zero-order chi connectivity index (χ0) is 11.1. The van der Waals surface area contributed by atoms with E-state index in [1.807, 2.05) is 26.8 Å². The SMILES string of the molecule is CC(C)(C)Oc1cnc2c(c1)CNC2=O. The lowest BCUT2D eigenvalue weighted by molar-refractivity contribution is 0.0961. The van der Waals surface area contributed by atoms with Crippen LogP contribution in [0.1, 0.15) is 36.8 Å². The van der Waals surface area contributed by atoms with E-state index in [-0.39, 0.29) is 11.5 Å². The van der Waals surface area contributed by atoms with Crippen molar-refractivity contribution in [2.75, 3.05) is 0 Å². The Hall–Kier alpha value is -1.58. The Labute approximate surface area is 88.7 Å². The Morgan fingerprint density at radius 3 is 2.87 bits per heavy atom. The van der Waals surface area contributed by atoms with Gasteiger partial charge in [0, 0.05) is 12.1 Å². The number of carbonyl (C=O) groups is 1. The highest BCUT2D eigenvalue weighted by Gasteiger charge is 2.21. The molecule has 1 N–H and O–H groups in total. The van der Waals surface area contributed by atoms with Crippen molar-refractivity contribution in [1.29, 1.82) is 0 Å². The van der Waals surface area contributed by atoms with Crippen molar-refractivity contribution in [3.05, 3.63) is 23.5 Å². The lowest BCUT2D eigenvalue weighted by Crippen LogP contribution is -2.23. The molecule has 1 aromatic heterocycles. The fraction of sp³-hybridized carbons (Fsp3) is 0.455. The van der Waals surface area contributed by atoms with Crippen LogP contribution in [0.4, 0.5) is 0 Å². The maximum absolute atomic E-state index is 11.2. The van der Waals surface area contributed by atoms with Gasteiger partial charge >= 0.3 is 0 Å². The van der Waals surface area contributed by atoms with Gasteiger partial charge in [-0.15, -0.1) is 0 Å². The predicted octanol–water partition coefficient (Wildman–Crippen LogP) is 1.50. The first kappa shape index (κ1) is 9.96. The number of pyridine rings is 1. The van der Waals surface area contributed by atoms with E-state index in [9.17, 15) is 4.79 Å². The smallest absolute Gasteiger partial charge is 0.270 e. The molecule has 4 heteroatoms. The second-order valence-corrected chi connectivity index (χ2v) is 4.58. The largest absolute Gasteiger partial charge is 0.487 e. The van der Waals surface area contributed by atoms with Gasteiger partial charge in [0.15, 0.2) is 0 Å². The van der Waals surface area contributed by atoms with Crippen LogP contribution >= 0.6 is 0 Å². The van der Waals surface area contributed by atoms with Crippen LogP contribution in [-0.2, 0) is 6.54 Å². The van der Waals surface area contributed by atoms with Crippen LogP contribution in [-0.4, -0.2) is 16.5 Å². The molecular weight excluding hydrogens is 192 g/mol. The molecule has 0 aromatic carbocycles. The van der Waals surface area contributed by atoms with E-state index in [4.69, 9.17) is 4.74 Å². The van der Waals surface area contributed by atoms with Gasteiger partial charge in [-0.25, -0.2) is 4.98 Å². The molecule has 0 spiro atoms. The third-order valence-electron chi connectivity index (χ3n) is 2.02. The van der Waals surface area contributed by atoms with E-state index in [0.29, 0.717) is 18.0 Å². The van der Waals surface area contributed by atoms with Crippen molar-refractivity contribution in [2.24, 2.45) is 0 Å². The standard InChI is InChI=1S/C11H14N2O2/c1-11(2,3)15-8-4-7-5-13-10(14)9(7)12-6-8/h4,6H,5H2,1-3H3,(H,13,14). The second kappa shape index (κ2) is 3.22. The van der Waals surface area contributed by atoms with Gasteiger partial charge < -0.3 is 10.1 Å². The van der Waals surface area contributed by atoms with E-state index in [1.54, 1.807) is 6.20 Å². The van der Waals surface area contributed by atoms with E-state index in [1.165, 1.54) is 0 Å². The topological polar surface area (TPSA) is 51.2 Å². The Balaban J connectivity index is 2.27. The molecule has 1 aliphatic heterocycles. The van der Waals surface area contributed by atoms with Crippen molar-refractivity contribution in [3.8, 4) is 5.75 Å². The van der Waals surface area contributed by atoms with Crippen LogP contribution < -0.4 is 10.1 Å². The van der Waals surface area contributed by atoms with Crippen molar-refractivity contribution < 1.29 is 9.53 Å². The number of rotatable bonds is 1. The van der Waals surface area contributed by atoms with Crippen LogP contribution in [0.5, 0.6) is 5.75 Å². The first-order valence-corrected chi connectivity index (χ1v) is 4.92. The van der Waals surface area contributed by atoms with Gasteiger partial charge in [-0.2, -0.15) is 0 Å². The number of hydrogen-bond donors (Lipinski definition) is 1. The summed E-state index contributed by atoms with van der Waals surface area (Å²) in [5.41, 5.74) is 1.17. The number of hydrogen-bond acceptors (Lipinski definition) is 3. The maximum Gasteiger partial charge on any atom is 0.270 e. The molecule has 0 atom stereocenters. The van der Waals surface area contributed by atoms with Crippen molar-refractivity contribution >= 4 is 5.91 Å². The molecule has 0 unspecified atom stereocenters. The number of ether oxygens (including phenoxy) is 1. The van der Waals surface area contributed by atoms with Crippen LogP contribution in [0.2, 0.25) is 0 Å². The second-order valence-electron chi connectivity index (χ2n) is 4.58. The molecule has 1 aromatic rings. The Bertz CT molecular complexity index is 408. The van der Waals surface area contributed by atoms with Gasteiger partial charge in [-0.05, 0) is 26.8 Å². The van der Waals surface area contributed by atoms with Gasteiger partial charge in [0.2, 0.25) is 0 Å². The molecule has 0 radical (unpaired) electrons. The number of carbonyl (C=O) groups excluding carboxylic acids is 1. The van der Waals surface area contributed by atoms with Crippen LogP contribution in [0, 0.1) is 0 Å².